The maximum atomic E-state index is 11.9. The Balaban J connectivity index is 1.86. The van der Waals surface area contributed by atoms with Gasteiger partial charge in [-0.25, -0.2) is 0 Å². The Labute approximate surface area is 175 Å². The summed E-state index contributed by atoms with van der Waals surface area (Å²) in [5.74, 6) is 0.333. The zero-order valence-corrected chi connectivity index (χ0v) is 19.2. The van der Waals surface area contributed by atoms with Crippen LogP contribution in [0.25, 0.3) is 0 Å². The largest absolute Gasteiger partial charge is 0.462 e. The summed E-state index contributed by atoms with van der Waals surface area (Å²) >= 11 is 0. The highest BCUT2D eigenvalue weighted by Crippen LogP contribution is 2.68. The summed E-state index contributed by atoms with van der Waals surface area (Å²) in [7, 11) is 0. The van der Waals surface area contributed by atoms with Crippen molar-refractivity contribution in [2.24, 2.45) is 22.7 Å². The van der Waals surface area contributed by atoms with Crippen molar-refractivity contribution in [1.29, 1.82) is 0 Å². The van der Waals surface area contributed by atoms with Crippen molar-refractivity contribution >= 4 is 11.9 Å². The monoisotopic (exact) mass is 406 g/mol. The van der Waals surface area contributed by atoms with E-state index in [-0.39, 0.29) is 35.7 Å². The molecule has 29 heavy (non-hydrogen) atoms. The van der Waals surface area contributed by atoms with Gasteiger partial charge in [0.05, 0.1) is 11.7 Å². The zero-order valence-electron chi connectivity index (χ0n) is 19.2. The van der Waals surface area contributed by atoms with Gasteiger partial charge in [0.1, 0.15) is 12.7 Å². The van der Waals surface area contributed by atoms with Crippen LogP contribution in [0.5, 0.6) is 0 Å². The molecule has 1 saturated heterocycles. The molecule has 3 aliphatic rings. The molecule has 3 fully saturated rings. The van der Waals surface area contributed by atoms with Crippen LogP contribution in [0, 0.1) is 22.7 Å². The van der Waals surface area contributed by atoms with Crippen LogP contribution in [0.4, 0.5) is 0 Å². The van der Waals surface area contributed by atoms with Gasteiger partial charge in [0.2, 0.25) is 0 Å². The van der Waals surface area contributed by atoms with Crippen LogP contribution in [0.2, 0.25) is 0 Å². The van der Waals surface area contributed by atoms with Gasteiger partial charge in [0.25, 0.3) is 0 Å². The predicted octanol–water partition coefficient (Wildman–Crippen LogP) is 4.83. The highest BCUT2D eigenvalue weighted by atomic mass is 16.6. The van der Waals surface area contributed by atoms with Gasteiger partial charge in [-0.1, -0.05) is 27.2 Å². The van der Waals surface area contributed by atoms with Crippen LogP contribution >= 0.6 is 0 Å². The fraction of sp³-hybridized carbons (Fsp3) is 0.833. The first kappa shape index (κ1) is 22.3. The standard InChI is InChI=1S/C24H38O5/c1-15(9-12-27-16(2)25)18(28-17(3)26)13-20-23(6)11-8-10-22(4,5)19(23)14-21-24(20,7)29-21/h9,18-21H,8,10-14H2,1-7H3/b15-9+/t18-,19+,20-,21-,23+,24+/m1/s1. The third kappa shape index (κ3) is 4.26. The summed E-state index contributed by atoms with van der Waals surface area (Å²) in [4.78, 5) is 22.9. The summed E-state index contributed by atoms with van der Waals surface area (Å²) < 4.78 is 17.1. The summed E-state index contributed by atoms with van der Waals surface area (Å²) in [5.41, 5.74) is 1.27. The minimum Gasteiger partial charge on any atom is -0.462 e. The Kier molecular flexibility index (Phi) is 5.94. The smallest absolute Gasteiger partial charge is 0.303 e. The van der Waals surface area contributed by atoms with E-state index in [9.17, 15) is 9.59 Å². The van der Waals surface area contributed by atoms with Crippen LogP contribution in [-0.2, 0) is 23.8 Å². The Hall–Kier alpha value is -1.36. The lowest BCUT2D eigenvalue weighted by molar-refractivity contribution is -0.148. The van der Waals surface area contributed by atoms with Crippen LogP contribution in [0.1, 0.15) is 80.6 Å². The molecule has 5 nitrogen and oxygen atoms in total. The van der Waals surface area contributed by atoms with E-state index in [0.29, 0.717) is 23.4 Å². The Bertz CT molecular complexity index is 695. The molecule has 0 aromatic rings. The molecule has 1 aliphatic heterocycles. The van der Waals surface area contributed by atoms with Crippen molar-refractivity contribution < 1.29 is 23.8 Å². The molecule has 0 radical (unpaired) electrons. The molecule has 0 unspecified atom stereocenters. The van der Waals surface area contributed by atoms with Gasteiger partial charge in [-0.2, -0.15) is 0 Å². The van der Waals surface area contributed by atoms with Crippen molar-refractivity contribution in [3.8, 4) is 0 Å². The van der Waals surface area contributed by atoms with E-state index in [2.05, 4.69) is 27.7 Å². The van der Waals surface area contributed by atoms with E-state index in [0.717, 1.165) is 18.4 Å². The number of carbonyl (C=O) groups is 2. The van der Waals surface area contributed by atoms with Crippen LogP contribution in [0.15, 0.2) is 11.6 Å². The average molecular weight is 407 g/mol. The van der Waals surface area contributed by atoms with E-state index >= 15 is 0 Å². The lowest BCUT2D eigenvalue weighted by Gasteiger charge is -2.58. The van der Waals surface area contributed by atoms with Crippen LogP contribution in [0.3, 0.4) is 0 Å². The van der Waals surface area contributed by atoms with Gasteiger partial charge in [0, 0.05) is 13.8 Å². The van der Waals surface area contributed by atoms with E-state index in [1.165, 1.54) is 33.1 Å². The maximum Gasteiger partial charge on any atom is 0.303 e. The molecular formula is C24H38O5. The third-order valence-corrected chi connectivity index (χ3v) is 8.15. The third-order valence-electron chi connectivity index (χ3n) is 8.15. The van der Waals surface area contributed by atoms with Gasteiger partial charge in [0.15, 0.2) is 0 Å². The molecular weight excluding hydrogens is 368 g/mol. The topological polar surface area (TPSA) is 65.1 Å². The second kappa shape index (κ2) is 7.72. The normalized spacial score (nSPS) is 39.0. The summed E-state index contributed by atoms with van der Waals surface area (Å²) in [6, 6.07) is 0. The number of esters is 2. The molecule has 2 saturated carbocycles. The first-order valence-electron chi connectivity index (χ1n) is 11.0. The zero-order chi connectivity index (χ0) is 21.6. The Morgan fingerprint density at radius 3 is 2.41 bits per heavy atom. The lowest BCUT2D eigenvalue weighted by Crippen LogP contribution is -2.55. The number of fused-ring (bicyclic) bond motifs is 2. The van der Waals surface area contributed by atoms with Gasteiger partial charge in [-0.15, -0.1) is 0 Å². The molecule has 164 valence electrons. The highest BCUT2D eigenvalue weighted by Gasteiger charge is 2.70. The van der Waals surface area contributed by atoms with Crippen molar-refractivity contribution in [1.82, 2.24) is 0 Å². The number of ether oxygens (including phenoxy) is 3. The Morgan fingerprint density at radius 1 is 1.10 bits per heavy atom. The fourth-order valence-electron chi connectivity index (χ4n) is 6.57. The minimum absolute atomic E-state index is 0.132. The van der Waals surface area contributed by atoms with Crippen molar-refractivity contribution in [3.63, 3.8) is 0 Å². The first-order chi connectivity index (χ1) is 13.4. The van der Waals surface area contributed by atoms with E-state index < -0.39 is 0 Å². The van der Waals surface area contributed by atoms with Gasteiger partial charge < -0.3 is 14.2 Å². The molecule has 0 N–H and O–H groups in total. The molecule has 3 rings (SSSR count). The minimum atomic E-state index is -0.324. The summed E-state index contributed by atoms with van der Waals surface area (Å²) in [6.07, 6.45) is 7.42. The fourth-order valence-corrected chi connectivity index (χ4v) is 6.57. The summed E-state index contributed by atoms with van der Waals surface area (Å²) in [5, 5.41) is 0. The van der Waals surface area contributed by atoms with Crippen molar-refractivity contribution in [2.45, 2.75) is 98.4 Å². The predicted molar refractivity (Wildman–Crippen MR) is 111 cm³/mol. The molecule has 1 heterocycles. The number of hydrogen-bond acceptors (Lipinski definition) is 5. The summed E-state index contributed by atoms with van der Waals surface area (Å²) in [6.45, 7) is 14.5. The molecule has 0 aromatic heterocycles. The number of hydrogen-bond donors (Lipinski definition) is 0. The van der Waals surface area contributed by atoms with Crippen LogP contribution < -0.4 is 0 Å². The van der Waals surface area contributed by atoms with Gasteiger partial charge in [-0.05, 0) is 73.8 Å². The number of rotatable bonds is 6. The van der Waals surface area contributed by atoms with Crippen molar-refractivity contribution in [3.05, 3.63) is 11.6 Å². The van der Waals surface area contributed by atoms with Crippen molar-refractivity contribution in [2.75, 3.05) is 6.61 Å². The molecule has 6 atom stereocenters. The number of epoxide rings is 1. The van der Waals surface area contributed by atoms with E-state index in [4.69, 9.17) is 14.2 Å². The highest BCUT2D eigenvalue weighted by molar-refractivity contribution is 5.66. The van der Waals surface area contributed by atoms with Crippen LogP contribution in [-0.4, -0.2) is 36.4 Å². The van der Waals surface area contributed by atoms with E-state index in [1.54, 1.807) is 0 Å². The second-order valence-electron chi connectivity index (χ2n) is 10.6. The SMILES string of the molecule is CC(=O)OC/C=C(\C)[C@@H](C[C@@H]1[C@@]2(C)CCCC(C)(C)[C@@H]2C[C@H]2O[C@@]12C)OC(C)=O. The molecule has 2 aliphatic carbocycles. The van der Waals surface area contributed by atoms with Gasteiger partial charge in [-0.3, -0.25) is 9.59 Å². The quantitative estimate of drug-likeness (QED) is 0.359. The maximum absolute atomic E-state index is 11.9. The number of carbonyl (C=O) groups excluding carboxylic acids is 2. The van der Waals surface area contributed by atoms with E-state index in [1.807, 2.05) is 13.0 Å². The second-order valence-corrected chi connectivity index (χ2v) is 10.6. The molecule has 0 bridgehead atoms. The lowest BCUT2D eigenvalue weighted by atomic mass is 9.46. The molecule has 0 aromatic carbocycles. The van der Waals surface area contributed by atoms with Gasteiger partial charge >= 0.3 is 11.9 Å². The molecule has 0 spiro atoms. The average Bonchev–Trinajstić information content (AvgIpc) is 3.25. The molecule has 5 heteroatoms. The molecule has 0 amide bonds. The Morgan fingerprint density at radius 2 is 1.79 bits per heavy atom. The first-order valence-corrected chi connectivity index (χ1v) is 11.0.